The first-order chi connectivity index (χ1) is 10.2. The minimum atomic E-state index is -0.158. The van der Waals surface area contributed by atoms with Crippen LogP contribution in [0.4, 0.5) is 4.39 Å². The Kier molecular flexibility index (Phi) is 6.22. The highest BCUT2D eigenvalue weighted by Gasteiger charge is 2.19. The fourth-order valence-electron chi connectivity index (χ4n) is 2.99. The zero-order chi connectivity index (χ0) is 15.1. The van der Waals surface area contributed by atoms with Gasteiger partial charge < -0.3 is 5.73 Å². The zero-order valence-corrected chi connectivity index (χ0v) is 12.9. The van der Waals surface area contributed by atoms with Gasteiger partial charge in [0.2, 0.25) is 0 Å². The molecule has 0 radical (unpaired) electrons. The Hall–Kier alpha value is -1.37. The van der Waals surface area contributed by atoms with Crippen molar-refractivity contribution >= 4 is 0 Å². The molecule has 0 aromatic heterocycles. The maximum Gasteiger partial charge on any atom is 0.128 e. The lowest BCUT2D eigenvalue weighted by atomic mass is 9.92. The van der Waals surface area contributed by atoms with Crippen LogP contribution in [0.3, 0.4) is 0 Å². The SMILES string of the molecule is CCCC1CCN(Cc2ccc(C#CCN)cc2F)CC1. The van der Waals surface area contributed by atoms with Crippen molar-refractivity contribution in [2.24, 2.45) is 11.7 Å². The van der Waals surface area contributed by atoms with Crippen molar-refractivity contribution < 1.29 is 4.39 Å². The number of nitrogens with two attached hydrogens (primary N) is 1. The van der Waals surface area contributed by atoms with Gasteiger partial charge in [0, 0.05) is 17.7 Å². The molecule has 1 saturated heterocycles. The van der Waals surface area contributed by atoms with Crippen molar-refractivity contribution in [3.63, 3.8) is 0 Å². The van der Waals surface area contributed by atoms with Crippen LogP contribution in [0, 0.1) is 23.6 Å². The van der Waals surface area contributed by atoms with Crippen LogP contribution in [-0.2, 0) is 6.54 Å². The molecule has 0 amide bonds. The largest absolute Gasteiger partial charge is 0.320 e. The molecule has 1 aliphatic rings. The van der Waals surface area contributed by atoms with Crippen LogP contribution in [0.5, 0.6) is 0 Å². The van der Waals surface area contributed by atoms with Crippen molar-refractivity contribution in [2.45, 2.75) is 39.2 Å². The van der Waals surface area contributed by atoms with E-state index in [0.717, 1.165) is 24.6 Å². The summed E-state index contributed by atoms with van der Waals surface area (Å²) in [6, 6.07) is 5.25. The van der Waals surface area contributed by atoms with Gasteiger partial charge in [-0.2, -0.15) is 0 Å². The van der Waals surface area contributed by atoms with Gasteiger partial charge in [-0.25, -0.2) is 4.39 Å². The number of rotatable bonds is 4. The van der Waals surface area contributed by atoms with Crippen LogP contribution in [0.1, 0.15) is 43.7 Å². The number of hydrogen-bond donors (Lipinski definition) is 1. The Morgan fingerprint density at radius 1 is 1.33 bits per heavy atom. The Bertz CT molecular complexity index is 508. The second-order valence-corrected chi connectivity index (χ2v) is 5.82. The van der Waals surface area contributed by atoms with E-state index in [0.29, 0.717) is 18.7 Å². The number of likely N-dealkylation sites (tertiary alicyclic amines) is 1. The summed E-state index contributed by atoms with van der Waals surface area (Å²) in [5.41, 5.74) is 6.79. The molecule has 0 saturated carbocycles. The van der Waals surface area contributed by atoms with Crippen LogP contribution in [0.25, 0.3) is 0 Å². The second kappa shape index (κ2) is 8.17. The molecule has 21 heavy (non-hydrogen) atoms. The van der Waals surface area contributed by atoms with Crippen LogP contribution >= 0.6 is 0 Å². The highest BCUT2D eigenvalue weighted by Crippen LogP contribution is 2.23. The Morgan fingerprint density at radius 3 is 2.71 bits per heavy atom. The summed E-state index contributed by atoms with van der Waals surface area (Å²) in [5, 5.41) is 0. The lowest BCUT2D eigenvalue weighted by Crippen LogP contribution is -2.33. The lowest BCUT2D eigenvalue weighted by Gasteiger charge is -2.31. The smallest absolute Gasteiger partial charge is 0.128 e. The molecule has 1 aromatic rings. The van der Waals surface area contributed by atoms with E-state index in [1.807, 2.05) is 12.1 Å². The van der Waals surface area contributed by atoms with E-state index in [1.165, 1.54) is 31.7 Å². The third-order valence-electron chi connectivity index (χ3n) is 4.19. The van der Waals surface area contributed by atoms with E-state index in [9.17, 15) is 4.39 Å². The Morgan fingerprint density at radius 2 is 2.10 bits per heavy atom. The van der Waals surface area contributed by atoms with Gasteiger partial charge in [-0.3, -0.25) is 4.90 Å². The maximum atomic E-state index is 14.1. The number of benzene rings is 1. The first-order valence-electron chi connectivity index (χ1n) is 7.92. The summed E-state index contributed by atoms with van der Waals surface area (Å²) in [6.07, 6.45) is 5.09. The van der Waals surface area contributed by atoms with E-state index < -0.39 is 0 Å². The molecule has 2 rings (SSSR count). The standard InChI is InChI=1S/C18H25FN2/c1-2-4-15-8-11-21(12-9-15)14-17-7-6-16(5-3-10-20)13-18(17)19/h6-7,13,15H,2,4,8-12,14,20H2,1H3. The predicted molar refractivity (Wildman–Crippen MR) is 85.2 cm³/mol. The number of hydrogen-bond acceptors (Lipinski definition) is 2. The summed E-state index contributed by atoms with van der Waals surface area (Å²) in [6.45, 7) is 5.42. The van der Waals surface area contributed by atoms with E-state index in [-0.39, 0.29) is 5.82 Å². The molecule has 1 aromatic carbocycles. The molecule has 0 unspecified atom stereocenters. The number of halogens is 1. The Balaban J connectivity index is 1.92. The topological polar surface area (TPSA) is 29.3 Å². The highest BCUT2D eigenvalue weighted by atomic mass is 19.1. The van der Waals surface area contributed by atoms with Gasteiger partial charge in [-0.15, -0.1) is 0 Å². The first kappa shape index (κ1) is 16.0. The van der Waals surface area contributed by atoms with Crippen molar-refractivity contribution in [3.8, 4) is 11.8 Å². The third-order valence-corrected chi connectivity index (χ3v) is 4.19. The molecule has 3 heteroatoms. The van der Waals surface area contributed by atoms with Crippen LogP contribution in [-0.4, -0.2) is 24.5 Å². The first-order valence-corrected chi connectivity index (χ1v) is 7.92. The lowest BCUT2D eigenvalue weighted by molar-refractivity contribution is 0.170. The molecule has 0 spiro atoms. The van der Waals surface area contributed by atoms with Gasteiger partial charge >= 0.3 is 0 Å². The van der Waals surface area contributed by atoms with Gasteiger partial charge in [0.25, 0.3) is 0 Å². The fraction of sp³-hybridized carbons (Fsp3) is 0.556. The highest BCUT2D eigenvalue weighted by molar-refractivity contribution is 5.37. The average molecular weight is 288 g/mol. The van der Waals surface area contributed by atoms with Gasteiger partial charge in [0.1, 0.15) is 5.82 Å². The van der Waals surface area contributed by atoms with Crippen LogP contribution in [0.15, 0.2) is 18.2 Å². The normalized spacial score (nSPS) is 16.5. The minimum absolute atomic E-state index is 0.158. The zero-order valence-electron chi connectivity index (χ0n) is 12.9. The molecular formula is C18H25FN2. The van der Waals surface area contributed by atoms with Crippen LogP contribution in [0.2, 0.25) is 0 Å². The van der Waals surface area contributed by atoms with Gasteiger partial charge in [-0.05, 0) is 44.0 Å². The predicted octanol–water partition coefficient (Wildman–Crippen LogP) is 3.15. The minimum Gasteiger partial charge on any atom is -0.320 e. The number of piperidine rings is 1. The molecule has 1 fully saturated rings. The molecule has 1 heterocycles. The summed E-state index contributed by atoms with van der Waals surface area (Å²) >= 11 is 0. The van der Waals surface area contributed by atoms with Crippen molar-refractivity contribution in [1.29, 1.82) is 0 Å². The summed E-state index contributed by atoms with van der Waals surface area (Å²) in [7, 11) is 0. The molecule has 2 N–H and O–H groups in total. The van der Waals surface area contributed by atoms with E-state index in [2.05, 4.69) is 23.7 Å². The molecule has 2 nitrogen and oxygen atoms in total. The van der Waals surface area contributed by atoms with E-state index in [4.69, 9.17) is 5.73 Å². The second-order valence-electron chi connectivity index (χ2n) is 5.82. The molecule has 0 atom stereocenters. The van der Waals surface area contributed by atoms with Gasteiger partial charge in [0.15, 0.2) is 0 Å². The monoisotopic (exact) mass is 288 g/mol. The molecular weight excluding hydrogens is 263 g/mol. The van der Waals surface area contributed by atoms with Gasteiger partial charge in [0.05, 0.1) is 6.54 Å². The quantitative estimate of drug-likeness (QED) is 0.862. The van der Waals surface area contributed by atoms with Gasteiger partial charge in [-0.1, -0.05) is 37.7 Å². The summed E-state index contributed by atoms with van der Waals surface area (Å²) in [4.78, 5) is 2.36. The van der Waals surface area contributed by atoms with E-state index >= 15 is 0 Å². The molecule has 1 aliphatic heterocycles. The summed E-state index contributed by atoms with van der Waals surface area (Å²) < 4.78 is 14.1. The molecule has 0 aliphatic carbocycles. The Labute approximate surface area is 127 Å². The molecule has 114 valence electrons. The number of nitrogens with zero attached hydrogens (tertiary/aromatic N) is 1. The average Bonchev–Trinajstić information content (AvgIpc) is 2.50. The molecule has 0 bridgehead atoms. The van der Waals surface area contributed by atoms with Crippen LogP contribution < -0.4 is 5.73 Å². The van der Waals surface area contributed by atoms with Crippen molar-refractivity contribution in [2.75, 3.05) is 19.6 Å². The van der Waals surface area contributed by atoms with E-state index in [1.54, 1.807) is 0 Å². The van der Waals surface area contributed by atoms with Crippen molar-refractivity contribution in [3.05, 3.63) is 35.1 Å². The third kappa shape index (κ3) is 4.84. The maximum absolute atomic E-state index is 14.1. The fourth-order valence-corrected chi connectivity index (χ4v) is 2.99. The summed E-state index contributed by atoms with van der Waals surface area (Å²) in [5.74, 6) is 6.33. The van der Waals surface area contributed by atoms with Crippen molar-refractivity contribution in [1.82, 2.24) is 4.90 Å².